The van der Waals surface area contributed by atoms with E-state index in [1.165, 1.54) is 23.2 Å². The van der Waals surface area contributed by atoms with E-state index < -0.39 is 12.1 Å². The van der Waals surface area contributed by atoms with Crippen molar-refractivity contribution in [3.05, 3.63) is 63.9 Å². The van der Waals surface area contributed by atoms with Crippen molar-refractivity contribution >= 4 is 29.6 Å². The maximum Gasteiger partial charge on any atom is 0.407 e. The number of nitrogens with zero attached hydrogens (tertiary/aromatic N) is 2. The zero-order chi connectivity index (χ0) is 18.8. The summed E-state index contributed by atoms with van der Waals surface area (Å²) >= 11 is 5.77. The first-order valence-corrected chi connectivity index (χ1v) is 8.44. The molecule has 0 radical (unpaired) electrons. The lowest BCUT2D eigenvalue weighted by Crippen LogP contribution is -2.38. The lowest BCUT2D eigenvalue weighted by molar-refractivity contribution is 0.104. The third-order valence-electron chi connectivity index (χ3n) is 4.48. The van der Waals surface area contributed by atoms with Gasteiger partial charge in [0, 0.05) is 18.3 Å². The molecule has 26 heavy (non-hydrogen) atoms. The molecule has 134 valence electrons. The summed E-state index contributed by atoms with van der Waals surface area (Å²) in [6.45, 7) is 2.06. The smallest absolute Gasteiger partial charge is 0.407 e. The molecule has 0 bridgehead atoms. The number of hydrogen-bond donors (Lipinski definition) is 2. The number of carbonyl (C=O) groups is 2. The monoisotopic (exact) mass is 372 g/mol. The van der Waals surface area contributed by atoms with Crippen LogP contribution < -0.4 is 0 Å². The molecule has 1 aromatic heterocycles. The van der Waals surface area contributed by atoms with E-state index in [2.05, 4.69) is 4.98 Å². The fraction of sp³-hybridized carbons (Fsp3) is 0.211. The highest BCUT2D eigenvalue weighted by Gasteiger charge is 2.31. The van der Waals surface area contributed by atoms with Gasteiger partial charge in [0.2, 0.25) is 0 Å². The molecule has 1 aliphatic rings. The van der Waals surface area contributed by atoms with Gasteiger partial charge in [0.25, 0.3) is 0 Å². The van der Waals surface area contributed by atoms with Crippen molar-refractivity contribution in [2.75, 3.05) is 6.54 Å². The van der Waals surface area contributed by atoms with Gasteiger partial charge in [-0.15, -0.1) is 0 Å². The van der Waals surface area contributed by atoms with Gasteiger partial charge < -0.3 is 15.1 Å². The Bertz CT molecular complexity index is 893. The standard InChI is InChI=1S/C19H17ClN2O4/c1-11-17-12(8-9-22(11)19(25)26)2-6-15(18(17)24)16(23)7-5-14-4-3-13(20)10-21-14/h2-7,10-11,24H,8-9H2,1H3,(H,25,26). The highest BCUT2D eigenvalue weighted by Crippen LogP contribution is 2.38. The minimum atomic E-state index is -1.05. The molecule has 1 aliphatic heterocycles. The number of benzene rings is 1. The van der Waals surface area contributed by atoms with Crippen LogP contribution in [0, 0.1) is 0 Å². The van der Waals surface area contributed by atoms with E-state index in [4.69, 9.17) is 11.6 Å². The zero-order valence-electron chi connectivity index (χ0n) is 14.0. The van der Waals surface area contributed by atoms with Gasteiger partial charge in [0.1, 0.15) is 5.75 Å². The summed E-state index contributed by atoms with van der Waals surface area (Å²) in [4.78, 5) is 29.1. The van der Waals surface area contributed by atoms with Gasteiger partial charge in [-0.2, -0.15) is 0 Å². The number of aromatic nitrogens is 1. The van der Waals surface area contributed by atoms with Crippen LogP contribution in [-0.2, 0) is 6.42 Å². The molecule has 3 rings (SSSR count). The molecule has 1 amide bonds. The zero-order valence-corrected chi connectivity index (χ0v) is 14.8. The molecule has 2 N–H and O–H groups in total. The lowest BCUT2D eigenvalue weighted by Gasteiger charge is -2.33. The van der Waals surface area contributed by atoms with E-state index in [0.717, 1.165) is 5.56 Å². The van der Waals surface area contributed by atoms with Crippen molar-refractivity contribution in [3.8, 4) is 5.75 Å². The van der Waals surface area contributed by atoms with Gasteiger partial charge in [0.15, 0.2) is 5.78 Å². The van der Waals surface area contributed by atoms with E-state index in [-0.39, 0.29) is 17.1 Å². The molecule has 0 saturated carbocycles. The number of pyridine rings is 1. The number of amides is 1. The Morgan fingerprint density at radius 1 is 1.31 bits per heavy atom. The summed E-state index contributed by atoms with van der Waals surface area (Å²) in [7, 11) is 0. The summed E-state index contributed by atoms with van der Waals surface area (Å²) in [6, 6.07) is 6.15. The number of rotatable bonds is 3. The number of phenolic OH excluding ortho intramolecular Hbond substituents is 1. The molecular weight excluding hydrogens is 356 g/mol. The van der Waals surface area contributed by atoms with Crippen molar-refractivity contribution in [2.45, 2.75) is 19.4 Å². The molecule has 6 nitrogen and oxygen atoms in total. The number of fused-ring (bicyclic) bond motifs is 1. The van der Waals surface area contributed by atoms with Crippen LogP contribution in [0.4, 0.5) is 4.79 Å². The number of allylic oxidation sites excluding steroid dienone is 1. The number of aromatic hydroxyl groups is 1. The van der Waals surface area contributed by atoms with Gasteiger partial charge >= 0.3 is 6.09 Å². The Kier molecular flexibility index (Phi) is 4.95. The van der Waals surface area contributed by atoms with E-state index in [0.29, 0.717) is 29.2 Å². The lowest BCUT2D eigenvalue weighted by atomic mass is 9.90. The quantitative estimate of drug-likeness (QED) is 0.629. The van der Waals surface area contributed by atoms with Gasteiger partial charge in [0.05, 0.1) is 22.3 Å². The summed E-state index contributed by atoms with van der Waals surface area (Å²) in [5.41, 5.74) is 2.04. The van der Waals surface area contributed by atoms with Crippen LogP contribution in [0.2, 0.25) is 5.02 Å². The SMILES string of the molecule is CC1c2c(ccc(C(=O)C=Cc3ccc(Cl)cn3)c2O)CCN1C(=O)O. The molecule has 0 spiro atoms. The number of carboxylic acid groups (broad SMARTS) is 1. The predicted octanol–water partition coefficient (Wildman–Crippen LogP) is 3.93. The summed E-state index contributed by atoms with van der Waals surface area (Å²) in [5.74, 6) is -0.554. The van der Waals surface area contributed by atoms with E-state index in [9.17, 15) is 19.8 Å². The first-order valence-electron chi connectivity index (χ1n) is 8.06. The van der Waals surface area contributed by atoms with Crippen LogP contribution in [0.5, 0.6) is 5.75 Å². The number of phenols is 1. The second kappa shape index (κ2) is 7.17. The fourth-order valence-electron chi connectivity index (χ4n) is 3.12. The minimum Gasteiger partial charge on any atom is -0.507 e. The van der Waals surface area contributed by atoms with Crippen LogP contribution in [0.25, 0.3) is 6.08 Å². The van der Waals surface area contributed by atoms with Crippen LogP contribution in [0.3, 0.4) is 0 Å². The van der Waals surface area contributed by atoms with Crippen molar-refractivity contribution in [1.29, 1.82) is 0 Å². The topological polar surface area (TPSA) is 90.7 Å². The average Bonchev–Trinajstić information content (AvgIpc) is 2.61. The maximum atomic E-state index is 12.5. The van der Waals surface area contributed by atoms with Crippen molar-refractivity contribution in [1.82, 2.24) is 9.88 Å². The van der Waals surface area contributed by atoms with E-state index in [1.807, 2.05) is 0 Å². The van der Waals surface area contributed by atoms with E-state index >= 15 is 0 Å². The highest BCUT2D eigenvalue weighted by molar-refractivity contribution is 6.30. The molecule has 1 aromatic carbocycles. The van der Waals surface area contributed by atoms with Gasteiger partial charge in [-0.25, -0.2) is 4.79 Å². The second-order valence-corrected chi connectivity index (χ2v) is 6.47. The largest absolute Gasteiger partial charge is 0.507 e. The summed E-state index contributed by atoms with van der Waals surface area (Å²) in [6.07, 6.45) is 3.78. The average molecular weight is 373 g/mol. The third-order valence-corrected chi connectivity index (χ3v) is 4.71. The summed E-state index contributed by atoms with van der Waals surface area (Å²) < 4.78 is 0. The number of halogens is 1. The van der Waals surface area contributed by atoms with Crippen LogP contribution in [0.1, 0.15) is 40.1 Å². The van der Waals surface area contributed by atoms with Crippen molar-refractivity contribution in [2.24, 2.45) is 0 Å². The Balaban J connectivity index is 1.90. The van der Waals surface area contributed by atoms with Gasteiger partial charge in [-0.3, -0.25) is 9.78 Å². The first kappa shape index (κ1) is 17.9. The Morgan fingerprint density at radius 3 is 2.73 bits per heavy atom. The molecule has 0 aliphatic carbocycles. The Hall–Kier alpha value is -2.86. The predicted molar refractivity (Wildman–Crippen MR) is 97.6 cm³/mol. The number of carbonyl (C=O) groups excluding carboxylic acids is 1. The number of hydrogen-bond acceptors (Lipinski definition) is 4. The highest BCUT2D eigenvalue weighted by atomic mass is 35.5. The normalized spacial score (nSPS) is 16.5. The van der Waals surface area contributed by atoms with Crippen LogP contribution in [0.15, 0.2) is 36.5 Å². The minimum absolute atomic E-state index is 0.132. The molecule has 7 heteroatoms. The number of ketones is 1. The van der Waals surface area contributed by atoms with Crippen LogP contribution >= 0.6 is 11.6 Å². The second-order valence-electron chi connectivity index (χ2n) is 6.04. The molecule has 0 saturated heterocycles. The molecule has 1 unspecified atom stereocenters. The third kappa shape index (κ3) is 3.41. The van der Waals surface area contributed by atoms with E-state index in [1.54, 1.807) is 31.2 Å². The molecule has 2 aromatic rings. The fourth-order valence-corrected chi connectivity index (χ4v) is 3.23. The maximum absolute atomic E-state index is 12.5. The van der Waals surface area contributed by atoms with Gasteiger partial charge in [-0.05, 0) is 49.3 Å². The molecular formula is C19H17ClN2O4. The Labute approximate surface area is 155 Å². The molecule has 0 fully saturated rings. The molecule has 2 heterocycles. The van der Waals surface area contributed by atoms with Crippen molar-refractivity contribution in [3.63, 3.8) is 0 Å². The van der Waals surface area contributed by atoms with Gasteiger partial charge in [-0.1, -0.05) is 17.7 Å². The Morgan fingerprint density at radius 2 is 2.08 bits per heavy atom. The first-order chi connectivity index (χ1) is 12.4. The van der Waals surface area contributed by atoms with Crippen LogP contribution in [-0.4, -0.2) is 38.5 Å². The summed E-state index contributed by atoms with van der Waals surface area (Å²) in [5, 5.41) is 20.4. The molecule has 1 atom stereocenters. The van der Waals surface area contributed by atoms with Crippen molar-refractivity contribution < 1.29 is 19.8 Å².